The predicted molar refractivity (Wildman–Crippen MR) is 124 cm³/mol. The van der Waals surface area contributed by atoms with Crippen molar-refractivity contribution in [3.63, 3.8) is 0 Å². The third-order valence-electron chi connectivity index (χ3n) is 6.57. The van der Waals surface area contributed by atoms with Crippen LogP contribution in [0.4, 0.5) is 0 Å². The van der Waals surface area contributed by atoms with Gasteiger partial charge in [-0.2, -0.15) is 0 Å². The zero-order valence-corrected chi connectivity index (χ0v) is 17.9. The van der Waals surface area contributed by atoms with Gasteiger partial charge in [0.1, 0.15) is 0 Å². The summed E-state index contributed by atoms with van der Waals surface area (Å²) in [5, 5.41) is 4.06. The van der Waals surface area contributed by atoms with E-state index in [2.05, 4.69) is 105 Å². The molecule has 1 aliphatic rings. The maximum absolute atomic E-state index is 7.26. The Kier molecular flexibility index (Phi) is 5.41. The molecule has 0 N–H and O–H groups in total. The van der Waals surface area contributed by atoms with Crippen LogP contribution in [0.15, 0.2) is 91.0 Å². The molecule has 0 radical (unpaired) electrons. The van der Waals surface area contributed by atoms with Crippen LogP contribution in [0.25, 0.3) is 0 Å². The molecule has 0 spiro atoms. The summed E-state index contributed by atoms with van der Waals surface area (Å²) < 4.78 is 7.26. The average Bonchev–Trinajstić information content (AvgIpc) is 2.78. The first-order valence-corrected chi connectivity index (χ1v) is 12.8. The minimum atomic E-state index is -2.96. The van der Waals surface area contributed by atoms with Gasteiger partial charge in [-0.05, 0) is 0 Å². The molecule has 0 bridgehead atoms. The van der Waals surface area contributed by atoms with Crippen LogP contribution in [0.3, 0.4) is 0 Å². The maximum atomic E-state index is 7.26. The van der Waals surface area contributed by atoms with Crippen LogP contribution in [0.5, 0.6) is 0 Å². The number of unbranched alkanes of at least 4 members (excludes halogenated alkanes) is 2. The molecule has 28 heavy (non-hydrogen) atoms. The van der Waals surface area contributed by atoms with Crippen molar-refractivity contribution in [1.29, 1.82) is 0 Å². The Bertz CT molecular complexity index is 792. The van der Waals surface area contributed by atoms with Gasteiger partial charge in [0, 0.05) is 0 Å². The van der Waals surface area contributed by atoms with E-state index in [-0.39, 0.29) is 0 Å². The van der Waals surface area contributed by atoms with Gasteiger partial charge in [0.05, 0.1) is 0 Å². The van der Waals surface area contributed by atoms with E-state index in [1.807, 2.05) is 0 Å². The van der Waals surface area contributed by atoms with E-state index in [9.17, 15) is 0 Å². The van der Waals surface area contributed by atoms with Gasteiger partial charge in [-0.15, -0.1) is 0 Å². The van der Waals surface area contributed by atoms with Gasteiger partial charge in [-0.3, -0.25) is 0 Å². The SMILES string of the molecule is CCCCC[C@H]1OP(c2ccccc2)(c2ccccc2)(c2ccccc2)[C@@H]1C. The summed E-state index contributed by atoms with van der Waals surface area (Å²) in [7, 11) is 0. The van der Waals surface area contributed by atoms with Gasteiger partial charge in [0.15, 0.2) is 0 Å². The van der Waals surface area contributed by atoms with Gasteiger partial charge in [-0.1, -0.05) is 0 Å². The van der Waals surface area contributed by atoms with Crippen molar-refractivity contribution in [2.45, 2.75) is 51.3 Å². The first-order chi connectivity index (χ1) is 13.7. The van der Waals surface area contributed by atoms with Gasteiger partial charge >= 0.3 is 170 Å². The van der Waals surface area contributed by atoms with Crippen molar-refractivity contribution in [2.75, 3.05) is 0 Å². The first kappa shape index (κ1) is 19.4. The van der Waals surface area contributed by atoms with Gasteiger partial charge in [-0.25, -0.2) is 0 Å². The van der Waals surface area contributed by atoms with E-state index < -0.39 is 6.83 Å². The molecule has 1 heterocycles. The van der Waals surface area contributed by atoms with Crippen molar-refractivity contribution in [3.05, 3.63) is 91.0 Å². The van der Waals surface area contributed by atoms with Crippen LogP contribution in [-0.4, -0.2) is 11.8 Å². The van der Waals surface area contributed by atoms with Crippen LogP contribution in [-0.2, 0) is 4.52 Å². The molecule has 0 unspecified atom stereocenters. The van der Waals surface area contributed by atoms with Crippen molar-refractivity contribution in [3.8, 4) is 0 Å². The predicted octanol–water partition coefficient (Wildman–Crippen LogP) is 5.80. The summed E-state index contributed by atoms with van der Waals surface area (Å²) in [5.74, 6) is 0. The summed E-state index contributed by atoms with van der Waals surface area (Å²) in [4.78, 5) is 0. The third kappa shape index (κ3) is 2.68. The molecule has 1 fully saturated rings. The van der Waals surface area contributed by atoms with E-state index in [0.29, 0.717) is 11.8 Å². The molecular weight excluding hydrogens is 359 g/mol. The Labute approximate surface area is 169 Å². The first-order valence-electron chi connectivity index (χ1n) is 10.6. The van der Waals surface area contributed by atoms with Crippen LogP contribution >= 0.6 is 6.83 Å². The molecule has 1 aliphatic heterocycles. The summed E-state index contributed by atoms with van der Waals surface area (Å²) >= 11 is 0. The standard InChI is InChI=1S/C26H31OP/c1-3-4-8-21-26-22(2)28(27-26,23-15-9-5-10-16-23,24-17-11-6-12-18-24)25-19-13-7-14-20-25/h5-7,9-20,22,26H,3-4,8,21H2,1-2H3/t22-,26-/m1/s1. The van der Waals surface area contributed by atoms with Gasteiger partial charge in [0.25, 0.3) is 0 Å². The zero-order chi connectivity index (χ0) is 19.5. The molecule has 2 atom stereocenters. The molecular formula is C26H31OP. The fourth-order valence-corrected chi connectivity index (χ4v) is 11.8. The molecule has 3 aromatic rings. The van der Waals surface area contributed by atoms with Crippen molar-refractivity contribution < 1.29 is 4.52 Å². The molecule has 0 aliphatic carbocycles. The quantitative estimate of drug-likeness (QED) is 0.366. The van der Waals surface area contributed by atoms with E-state index in [1.165, 1.54) is 35.2 Å². The fourth-order valence-electron chi connectivity index (χ4n) is 5.12. The summed E-state index contributed by atoms with van der Waals surface area (Å²) in [6.45, 7) is 1.74. The van der Waals surface area contributed by atoms with Crippen LogP contribution in [0.2, 0.25) is 0 Å². The number of hydrogen-bond acceptors (Lipinski definition) is 1. The molecule has 1 nitrogen and oxygen atoms in total. The summed E-state index contributed by atoms with van der Waals surface area (Å²) in [6, 6.07) is 33.0. The Morgan fingerprint density at radius 2 is 1.11 bits per heavy atom. The molecule has 1 saturated heterocycles. The van der Waals surface area contributed by atoms with E-state index in [0.717, 1.165) is 6.42 Å². The molecule has 3 aromatic carbocycles. The molecule has 2 heteroatoms. The van der Waals surface area contributed by atoms with Crippen molar-refractivity contribution in [1.82, 2.24) is 0 Å². The van der Waals surface area contributed by atoms with Crippen molar-refractivity contribution in [2.24, 2.45) is 0 Å². The van der Waals surface area contributed by atoms with E-state index in [1.54, 1.807) is 0 Å². The Morgan fingerprint density at radius 3 is 1.46 bits per heavy atom. The second-order valence-corrected chi connectivity index (χ2v) is 12.8. The fraction of sp³-hybridized carbons (Fsp3) is 0.308. The Morgan fingerprint density at radius 1 is 0.679 bits per heavy atom. The molecule has 0 amide bonds. The van der Waals surface area contributed by atoms with E-state index >= 15 is 0 Å². The van der Waals surface area contributed by atoms with Crippen LogP contribution in [0.1, 0.15) is 39.5 Å². The summed E-state index contributed by atoms with van der Waals surface area (Å²) in [6.07, 6.45) is 5.26. The molecule has 146 valence electrons. The third-order valence-corrected chi connectivity index (χ3v) is 13.1. The monoisotopic (exact) mass is 390 g/mol. The number of rotatable bonds is 7. The van der Waals surface area contributed by atoms with Gasteiger partial charge < -0.3 is 0 Å². The average molecular weight is 391 g/mol. The number of hydrogen-bond donors (Lipinski definition) is 0. The van der Waals surface area contributed by atoms with Crippen LogP contribution < -0.4 is 15.9 Å². The van der Waals surface area contributed by atoms with E-state index in [4.69, 9.17) is 4.52 Å². The summed E-state index contributed by atoms with van der Waals surface area (Å²) in [5.41, 5.74) is 0.468. The molecule has 0 saturated carbocycles. The Hall–Kier alpha value is -1.95. The second-order valence-electron chi connectivity index (χ2n) is 7.99. The molecule has 4 rings (SSSR count). The topological polar surface area (TPSA) is 9.23 Å². The second kappa shape index (κ2) is 7.82. The zero-order valence-electron chi connectivity index (χ0n) is 17.0. The molecule has 0 aromatic heterocycles. The van der Waals surface area contributed by atoms with Crippen LogP contribution in [0, 0.1) is 0 Å². The minimum absolute atomic E-state index is 0.324. The van der Waals surface area contributed by atoms with Gasteiger partial charge in [0.2, 0.25) is 0 Å². The van der Waals surface area contributed by atoms with Crippen molar-refractivity contribution >= 4 is 22.7 Å². The number of benzene rings is 3. The normalized spacial score (nSPS) is 23.9. The Balaban J connectivity index is 1.94.